The number of aryl methyl sites for hydroxylation is 1. The maximum absolute atomic E-state index is 12.0. The molecule has 0 heterocycles. The number of aliphatic carboxylic acids is 1. The van der Waals surface area contributed by atoms with Crippen LogP contribution in [-0.2, 0) is 22.6 Å². The van der Waals surface area contributed by atoms with Crippen LogP contribution in [0.2, 0.25) is 0 Å². The van der Waals surface area contributed by atoms with Gasteiger partial charge in [0.2, 0.25) is 0 Å². The molecule has 1 aromatic rings. The summed E-state index contributed by atoms with van der Waals surface area (Å²) in [7, 11) is 0. The molecule has 0 spiro atoms. The van der Waals surface area contributed by atoms with Crippen molar-refractivity contribution in [1.29, 1.82) is 0 Å². The first-order chi connectivity index (χ1) is 8.79. The molecule has 0 radical (unpaired) electrons. The summed E-state index contributed by atoms with van der Waals surface area (Å²) in [5.41, 5.74) is 1.18. The van der Waals surface area contributed by atoms with E-state index in [-0.39, 0.29) is 19.4 Å². The van der Waals surface area contributed by atoms with E-state index in [4.69, 9.17) is 5.11 Å². The number of carboxylic acid groups (broad SMARTS) is 1. The molecule has 0 atom stereocenters. The van der Waals surface area contributed by atoms with Gasteiger partial charge in [-0.2, -0.15) is 13.2 Å². The summed E-state index contributed by atoms with van der Waals surface area (Å²) in [4.78, 5) is 21.0. The zero-order valence-electron chi connectivity index (χ0n) is 9.83. The van der Waals surface area contributed by atoms with Crippen LogP contribution in [0.15, 0.2) is 24.3 Å². The van der Waals surface area contributed by atoms with E-state index >= 15 is 0 Å². The lowest BCUT2D eigenvalue weighted by atomic mass is 10.1. The molecule has 0 fully saturated rings. The molecule has 0 saturated carbocycles. The van der Waals surface area contributed by atoms with E-state index in [1.165, 1.54) is 0 Å². The number of carbonyl (C=O) groups is 2. The molecule has 0 bridgehead atoms. The second kappa shape index (κ2) is 6.21. The van der Waals surface area contributed by atoms with Crippen LogP contribution in [-0.4, -0.2) is 23.2 Å². The van der Waals surface area contributed by atoms with Crippen LogP contribution in [0.4, 0.5) is 13.2 Å². The van der Waals surface area contributed by atoms with Crippen molar-refractivity contribution in [3.8, 4) is 0 Å². The van der Waals surface area contributed by atoms with Crippen molar-refractivity contribution in [2.24, 2.45) is 0 Å². The number of benzene rings is 1. The first-order valence-corrected chi connectivity index (χ1v) is 5.43. The van der Waals surface area contributed by atoms with E-state index < -0.39 is 18.1 Å². The number of halogens is 3. The highest BCUT2D eigenvalue weighted by atomic mass is 19.4. The Bertz CT molecular complexity index is 472. The lowest BCUT2D eigenvalue weighted by Gasteiger charge is -2.08. The number of rotatable bonds is 5. The van der Waals surface area contributed by atoms with Crippen molar-refractivity contribution in [2.75, 3.05) is 0 Å². The van der Waals surface area contributed by atoms with E-state index in [2.05, 4.69) is 0 Å². The van der Waals surface area contributed by atoms with E-state index in [1.54, 1.807) is 29.6 Å². The van der Waals surface area contributed by atoms with Gasteiger partial charge in [0.05, 0.1) is 0 Å². The molecule has 0 aromatic heterocycles. The Hall–Kier alpha value is -2.05. The van der Waals surface area contributed by atoms with Crippen LogP contribution in [0.1, 0.15) is 17.5 Å². The number of amides is 1. The van der Waals surface area contributed by atoms with Crippen molar-refractivity contribution >= 4 is 11.9 Å². The van der Waals surface area contributed by atoms with Gasteiger partial charge in [0.25, 0.3) is 0 Å². The van der Waals surface area contributed by atoms with Crippen LogP contribution in [0, 0.1) is 0 Å². The third-order valence-corrected chi connectivity index (χ3v) is 2.33. The van der Waals surface area contributed by atoms with Crippen LogP contribution in [0.3, 0.4) is 0 Å². The Morgan fingerprint density at radius 3 is 2.42 bits per heavy atom. The molecule has 0 aliphatic rings. The summed E-state index contributed by atoms with van der Waals surface area (Å²) in [6.07, 6.45) is -4.67. The Kier molecular flexibility index (Phi) is 4.91. The Balaban J connectivity index is 2.57. The van der Waals surface area contributed by atoms with Crippen molar-refractivity contribution in [3.63, 3.8) is 0 Å². The topological polar surface area (TPSA) is 66.4 Å². The fourth-order valence-electron chi connectivity index (χ4n) is 1.43. The molecule has 2 N–H and O–H groups in total. The van der Waals surface area contributed by atoms with Gasteiger partial charge in [-0.05, 0) is 17.5 Å². The van der Waals surface area contributed by atoms with Crippen LogP contribution in [0.25, 0.3) is 0 Å². The second-order valence-corrected chi connectivity index (χ2v) is 3.89. The first-order valence-electron chi connectivity index (χ1n) is 5.43. The standard InChI is InChI=1S/C12H12F3NO3/c13-12(14,15)11(19)16-7-9-3-1-2-8(6-9)4-5-10(17)18/h1-3,6H,4-5,7H2,(H,16,19)(H,17,18). The SMILES string of the molecule is O=C(O)CCc1cccc(CNC(=O)C(F)(F)F)c1. The summed E-state index contributed by atoms with van der Waals surface area (Å²) < 4.78 is 35.9. The van der Waals surface area contributed by atoms with E-state index in [1.807, 2.05) is 0 Å². The van der Waals surface area contributed by atoms with Gasteiger partial charge in [-0.1, -0.05) is 24.3 Å². The van der Waals surface area contributed by atoms with E-state index in [0.717, 1.165) is 0 Å². The van der Waals surface area contributed by atoms with Crippen molar-refractivity contribution in [3.05, 3.63) is 35.4 Å². The van der Waals surface area contributed by atoms with E-state index in [9.17, 15) is 22.8 Å². The van der Waals surface area contributed by atoms with Gasteiger partial charge < -0.3 is 10.4 Å². The Morgan fingerprint density at radius 1 is 1.21 bits per heavy atom. The van der Waals surface area contributed by atoms with Gasteiger partial charge >= 0.3 is 18.1 Å². The molecule has 0 saturated heterocycles. The average molecular weight is 275 g/mol. The lowest BCUT2D eigenvalue weighted by molar-refractivity contribution is -0.173. The summed E-state index contributed by atoms with van der Waals surface area (Å²) in [5, 5.41) is 10.3. The normalized spacial score (nSPS) is 11.1. The first kappa shape index (κ1) is 15.0. The molecule has 4 nitrogen and oxygen atoms in total. The van der Waals surface area contributed by atoms with Gasteiger partial charge in [0.15, 0.2) is 0 Å². The molecule has 1 amide bonds. The van der Waals surface area contributed by atoms with E-state index in [0.29, 0.717) is 11.1 Å². The molecule has 0 aliphatic heterocycles. The number of hydrogen-bond acceptors (Lipinski definition) is 2. The van der Waals surface area contributed by atoms with Gasteiger partial charge in [-0.15, -0.1) is 0 Å². The second-order valence-electron chi connectivity index (χ2n) is 3.89. The van der Waals surface area contributed by atoms with Crippen molar-refractivity contribution in [1.82, 2.24) is 5.32 Å². The number of alkyl halides is 3. The zero-order chi connectivity index (χ0) is 14.5. The number of hydrogen-bond donors (Lipinski definition) is 2. The highest BCUT2D eigenvalue weighted by Crippen LogP contribution is 2.15. The number of carboxylic acids is 1. The summed E-state index contributed by atoms with van der Waals surface area (Å²) >= 11 is 0. The lowest BCUT2D eigenvalue weighted by Crippen LogP contribution is -2.36. The molecular weight excluding hydrogens is 263 g/mol. The molecule has 0 unspecified atom stereocenters. The predicted molar refractivity (Wildman–Crippen MR) is 60.3 cm³/mol. The minimum absolute atomic E-state index is 0.0572. The third kappa shape index (κ3) is 5.41. The highest BCUT2D eigenvalue weighted by molar-refractivity contribution is 5.81. The minimum atomic E-state index is -4.90. The molecule has 19 heavy (non-hydrogen) atoms. The molecular formula is C12H12F3NO3. The maximum Gasteiger partial charge on any atom is 0.471 e. The van der Waals surface area contributed by atoms with Crippen LogP contribution < -0.4 is 5.32 Å². The Labute approximate surface area is 107 Å². The maximum atomic E-state index is 12.0. The molecule has 7 heteroatoms. The van der Waals surface area contributed by atoms with Crippen molar-refractivity contribution in [2.45, 2.75) is 25.6 Å². The third-order valence-electron chi connectivity index (χ3n) is 2.33. The summed E-state index contributed by atoms with van der Waals surface area (Å²) in [6, 6.07) is 6.41. The van der Waals surface area contributed by atoms with Gasteiger partial charge in [-0.25, -0.2) is 0 Å². The zero-order valence-corrected chi connectivity index (χ0v) is 9.83. The van der Waals surface area contributed by atoms with Gasteiger partial charge in [-0.3, -0.25) is 9.59 Å². The van der Waals surface area contributed by atoms with Crippen LogP contribution >= 0.6 is 0 Å². The molecule has 104 valence electrons. The number of carbonyl (C=O) groups excluding carboxylic acids is 1. The monoisotopic (exact) mass is 275 g/mol. The minimum Gasteiger partial charge on any atom is -0.481 e. The Morgan fingerprint density at radius 2 is 1.84 bits per heavy atom. The quantitative estimate of drug-likeness (QED) is 0.862. The highest BCUT2D eigenvalue weighted by Gasteiger charge is 2.38. The fraction of sp³-hybridized carbons (Fsp3) is 0.333. The van der Waals surface area contributed by atoms with Gasteiger partial charge in [0.1, 0.15) is 0 Å². The molecule has 0 aliphatic carbocycles. The summed E-state index contributed by atoms with van der Waals surface area (Å²) in [5.74, 6) is -2.95. The van der Waals surface area contributed by atoms with Gasteiger partial charge in [0, 0.05) is 13.0 Å². The average Bonchev–Trinajstić information content (AvgIpc) is 2.32. The van der Waals surface area contributed by atoms with Crippen LogP contribution in [0.5, 0.6) is 0 Å². The molecule has 1 rings (SSSR count). The molecule has 1 aromatic carbocycles. The fourth-order valence-corrected chi connectivity index (χ4v) is 1.43. The number of nitrogens with one attached hydrogen (secondary N) is 1. The van der Waals surface area contributed by atoms with Crippen molar-refractivity contribution < 1.29 is 27.9 Å². The summed E-state index contributed by atoms with van der Waals surface area (Å²) in [6.45, 7) is -0.251. The largest absolute Gasteiger partial charge is 0.481 e. The predicted octanol–water partition coefficient (Wildman–Crippen LogP) is 1.88. The smallest absolute Gasteiger partial charge is 0.471 e.